The van der Waals surface area contributed by atoms with Gasteiger partial charge in [-0.1, -0.05) is 0 Å². The molecule has 4 heterocycles. The number of pyridine rings is 1. The maximum absolute atomic E-state index is 4.77. The fourth-order valence-electron chi connectivity index (χ4n) is 2.86. The van der Waals surface area contributed by atoms with Crippen LogP contribution in [0.2, 0.25) is 0 Å². The molecule has 6 nitrogen and oxygen atoms in total. The second kappa shape index (κ2) is 4.73. The molecular formula is C15H16N6. The molecule has 1 unspecified atom stereocenters. The van der Waals surface area contributed by atoms with Gasteiger partial charge in [-0.2, -0.15) is 10.2 Å². The van der Waals surface area contributed by atoms with E-state index in [2.05, 4.69) is 32.2 Å². The molecule has 0 aromatic carbocycles. The van der Waals surface area contributed by atoms with Gasteiger partial charge in [-0.05, 0) is 24.6 Å². The molecule has 0 aliphatic carbocycles. The summed E-state index contributed by atoms with van der Waals surface area (Å²) in [6.45, 7) is 0.939. The van der Waals surface area contributed by atoms with E-state index in [4.69, 9.17) is 5.10 Å². The van der Waals surface area contributed by atoms with Gasteiger partial charge in [-0.25, -0.2) is 4.68 Å². The van der Waals surface area contributed by atoms with E-state index in [1.165, 1.54) is 5.69 Å². The number of aromatic nitrogens is 5. The minimum absolute atomic E-state index is 0.221. The standard InChI is InChI=1S/C15H16N6/c1-20-13(5-8-18-20)14-4-7-17-15-9-12(19-21(14)15)11-3-2-6-16-10-11/h2-3,5-6,8-10,14,17H,4,7H2,1H3. The van der Waals surface area contributed by atoms with Crippen molar-refractivity contribution in [3.05, 3.63) is 48.5 Å². The Bertz CT molecular complexity index is 758. The lowest BCUT2D eigenvalue weighted by Gasteiger charge is -2.25. The normalized spacial score (nSPS) is 17.3. The van der Waals surface area contributed by atoms with Crippen LogP contribution in [0.4, 0.5) is 5.82 Å². The van der Waals surface area contributed by atoms with Crippen LogP contribution in [0.3, 0.4) is 0 Å². The van der Waals surface area contributed by atoms with Gasteiger partial charge in [0.2, 0.25) is 0 Å². The molecule has 6 heteroatoms. The maximum atomic E-state index is 4.77. The van der Waals surface area contributed by atoms with Crippen molar-refractivity contribution in [2.75, 3.05) is 11.9 Å². The smallest absolute Gasteiger partial charge is 0.125 e. The molecule has 0 saturated carbocycles. The zero-order valence-corrected chi connectivity index (χ0v) is 11.8. The summed E-state index contributed by atoms with van der Waals surface area (Å²) >= 11 is 0. The molecule has 3 aromatic rings. The topological polar surface area (TPSA) is 60.6 Å². The Morgan fingerprint density at radius 3 is 3.00 bits per heavy atom. The van der Waals surface area contributed by atoms with Crippen molar-refractivity contribution in [3.63, 3.8) is 0 Å². The Morgan fingerprint density at radius 2 is 2.24 bits per heavy atom. The van der Waals surface area contributed by atoms with Crippen LogP contribution in [-0.4, -0.2) is 31.1 Å². The third-order valence-electron chi connectivity index (χ3n) is 3.91. The summed E-state index contributed by atoms with van der Waals surface area (Å²) in [4.78, 5) is 4.17. The summed E-state index contributed by atoms with van der Waals surface area (Å²) < 4.78 is 3.98. The largest absolute Gasteiger partial charge is 0.370 e. The Balaban J connectivity index is 1.79. The fourth-order valence-corrected chi connectivity index (χ4v) is 2.86. The summed E-state index contributed by atoms with van der Waals surface area (Å²) in [6, 6.07) is 8.32. The van der Waals surface area contributed by atoms with E-state index in [1.54, 1.807) is 6.20 Å². The van der Waals surface area contributed by atoms with Crippen molar-refractivity contribution in [2.45, 2.75) is 12.5 Å². The molecule has 3 aromatic heterocycles. The van der Waals surface area contributed by atoms with E-state index < -0.39 is 0 Å². The van der Waals surface area contributed by atoms with E-state index in [9.17, 15) is 0 Å². The number of rotatable bonds is 2. The number of hydrogen-bond donors (Lipinski definition) is 1. The lowest BCUT2D eigenvalue weighted by atomic mass is 10.1. The van der Waals surface area contributed by atoms with Crippen molar-refractivity contribution in [1.82, 2.24) is 24.5 Å². The summed E-state index contributed by atoms with van der Waals surface area (Å²) in [5.41, 5.74) is 3.16. The van der Waals surface area contributed by atoms with Gasteiger partial charge >= 0.3 is 0 Å². The molecule has 106 valence electrons. The third-order valence-corrected chi connectivity index (χ3v) is 3.91. The summed E-state index contributed by atoms with van der Waals surface area (Å²) in [7, 11) is 1.97. The maximum Gasteiger partial charge on any atom is 0.125 e. The lowest BCUT2D eigenvalue weighted by Crippen LogP contribution is -2.25. The lowest BCUT2D eigenvalue weighted by molar-refractivity contribution is 0.453. The first-order valence-corrected chi connectivity index (χ1v) is 7.04. The number of nitrogens with zero attached hydrogens (tertiary/aromatic N) is 5. The van der Waals surface area contributed by atoms with Crippen LogP contribution >= 0.6 is 0 Å². The molecule has 4 rings (SSSR count). The van der Waals surface area contributed by atoms with E-state index >= 15 is 0 Å². The van der Waals surface area contributed by atoms with Gasteiger partial charge in [0.25, 0.3) is 0 Å². The Labute approximate surface area is 122 Å². The first kappa shape index (κ1) is 12.1. The predicted octanol–water partition coefficient (Wildman–Crippen LogP) is 2.08. The van der Waals surface area contributed by atoms with Crippen LogP contribution in [0, 0.1) is 0 Å². The summed E-state index contributed by atoms with van der Waals surface area (Å²) in [5, 5.41) is 12.5. The predicted molar refractivity (Wildman–Crippen MR) is 79.9 cm³/mol. The SMILES string of the molecule is Cn1nccc1C1CCNc2cc(-c3cccnc3)nn21. The summed E-state index contributed by atoms with van der Waals surface area (Å²) in [6.07, 6.45) is 6.45. The van der Waals surface area contributed by atoms with Crippen LogP contribution in [0.5, 0.6) is 0 Å². The molecule has 1 atom stereocenters. The van der Waals surface area contributed by atoms with E-state index in [1.807, 2.05) is 36.3 Å². The van der Waals surface area contributed by atoms with E-state index in [0.717, 1.165) is 30.0 Å². The van der Waals surface area contributed by atoms with Crippen molar-refractivity contribution < 1.29 is 0 Å². The minimum atomic E-state index is 0.221. The average Bonchev–Trinajstić information content (AvgIpc) is 3.14. The molecule has 0 fully saturated rings. The zero-order chi connectivity index (χ0) is 14.2. The second-order valence-electron chi connectivity index (χ2n) is 5.21. The number of hydrogen-bond acceptors (Lipinski definition) is 4. The first-order chi connectivity index (χ1) is 10.3. The number of anilines is 1. The average molecular weight is 280 g/mol. The van der Waals surface area contributed by atoms with Crippen LogP contribution in [0.25, 0.3) is 11.3 Å². The minimum Gasteiger partial charge on any atom is -0.370 e. The van der Waals surface area contributed by atoms with Gasteiger partial charge < -0.3 is 5.32 Å². The molecule has 0 bridgehead atoms. The molecule has 1 aliphatic heterocycles. The highest BCUT2D eigenvalue weighted by Gasteiger charge is 2.25. The second-order valence-corrected chi connectivity index (χ2v) is 5.21. The highest BCUT2D eigenvalue weighted by molar-refractivity contribution is 5.62. The Kier molecular flexibility index (Phi) is 2.73. The van der Waals surface area contributed by atoms with Crippen molar-refractivity contribution in [2.24, 2.45) is 7.05 Å². The number of fused-ring (bicyclic) bond motifs is 1. The van der Waals surface area contributed by atoms with Crippen LogP contribution in [0.1, 0.15) is 18.2 Å². The molecular weight excluding hydrogens is 264 g/mol. The molecule has 0 amide bonds. The molecule has 0 saturated heterocycles. The van der Waals surface area contributed by atoms with Gasteiger partial charge in [0.15, 0.2) is 0 Å². The third kappa shape index (κ3) is 1.99. The highest BCUT2D eigenvalue weighted by Crippen LogP contribution is 2.31. The quantitative estimate of drug-likeness (QED) is 0.781. The van der Waals surface area contributed by atoms with Crippen LogP contribution in [0.15, 0.2) is 42.9 Å². The number of nitrogens with one attached hydrogen (secondary N) is 1. The van der Waals surface area contributed by atoms with Gasteiger partial charge in [-0.3, -0.25) is 9.67 Å². The molecule has 21 heavy (non-hydrogen) atoms. The summed E-state index contributed by atoms with van der Waals surface area (Å²) in [5.74, 6) is 1.05. The van der Waals surface area contributed by atoms with Crippen molar-refractivity contribution in [1.29, 1.82) is 0 Å². The van der Waals surface area contributed by atoms with Gasteiger partial charge in [-0.15, -0.1) is 0 Å². The van der Waals surface area contributed by atoms with Crippen molar-refractivity contribution in [3.8, 4) is 11.3 Å². The van der Waals surface area contributed by atoms with Crippen LogP contribution < -0.4 is 5.32 Å². The van der Waals surface area contributed by atoms with E-state index in [-0.39, 0.29) is 6.04 Å². The highest BCUT2D eigenvalue weighted by atomic mass is 15.4. The molecule has 1 aliphatic rings. The molecule has 0 spiro atoms. The fraction of sp³-hybridized carbons (Fsp3) is 0.267. The van der Waals surface area contributed by atoms with Gasteiger partial charge in [0.1, 0.15) is 5.82 Å². The van der Waals surface area contributed by atoms with Gasteiger partial charge in [0, 0.05) is 43.8 Å². The van der Waals surface area contributed by atoms with E-state index in [0.29, 0.717) is 0 Å². The van der Waals surface area contributed by atoms with Crippen LogP contribution in [-0.2, 0) is 7.05 Å². The Hall–Kier alpha value is -2.63. The monoisotopic (exact) mass is 280 g/mol. The molecule has 0 radical (unpaired) electrons. The zero-order valence-electron chi connectivity index (χ0n) is 11.8. The molecule has 1 N–H and O–H groups in total. The first-order valence-electron chi connectivity index (χ1n) is 7.04. The number of aryl methyl sites for hydroxylation is 1. The van der Waals surface area contributed by atoms with Crippen molar-refractivity contribution >= 4 is 5.82 Å². The Morgan fingerprint density at radius 1 is 1.29 bits per heavy atom. The van der Waals surface area contributed by atoms with Gasteiger partial charge in [0.05, 0.1) is 17.4 Å².